The monoisotopic (exact) mass is 281 g/mol. The van der Waals surface area contributed by atoms with Crippen molar-refractivity contribution >= 4 is 34.0 Å². The quantitative estimate of drug-likeness (QED) is 0.880. The van der Waals surface area contributed by atoms with Crippen LogP contribution in [-0.4, -0.2) is 21.5 Å². The molecule has 0 saturated carbocycles. The number of aromatic nitrogens is 2. The van der Waals surface area contributed by atoms with Gasteiger partial charge in [0.25, 0.3) is 0 Å². The molecule has 18 heavy (non-hydrogen) atoms. The van der Waals surface area contributed by atoms with Gasteiger partial charge in [0.1, 0.15) is 10.4 Å². The van der Waals surface area contributed by atoms with Gasteiger partial charge in [0.2, 0.25) is 11.0 Å². The minimum atomic E-state index is -0.587. The molecule has 6 heteroatoms. The molecule has 94 valence electrons. The SMILES string of the molecule is Cc1cccc(-c2nnc(NC(=O)[C@@H](C)Cl)s2)c1. The van der Waals surface area contributed by atoms with Gasteiger partial charge in [0.15, 0.2) is 0 Å². The molecule has 0 radical (unpaired) electrons. The second-order valence-electron chi connectivity index (χ2n) is 3.89. The van der Waals surface area contributed by atoms with E-state index in [4.69, 9.17) is 11.6 Å². The Morgan fingerprint density at radius 1 is 1.44 bits per heavy atom. The zero-order chi connectivity index (χ0) is 13.1. The van der Waals surface area contributed by atoms with E-state index in [1.54, 1.807) is 6.92 Å². The highest BCUT2D eigenvalue weighted by Gasteiger charge is 2.13. The van der Waals surface area contributed by atoms with Gasteiger partial charge in [0, 0.05) is 5.56 Å². The maximum atomic E-state index is 11.4. The molecule has 0 saturated heterocycles. The van der Waals surface area contributed by atoms with Crippen molar-refractivity contribution in [3.63, 3.8) is 0 Å². The maximum absolute atomic E-state index is 11.4. The van der Waals surface area contributed by atoms with Crippen LogP contribution >= 0.6 is 22.9 Å². The van der Waals surface area contributed by atoms with E-state index < -0.39 is 5.38 Å². The second-order valence-corrected chi connectivity index (χ2v) is 5.52. The van der Waals surface area contributed by atoms with Gasteiger partial charge in [0.05, 0.1) is 0 Å². The predicted molar refractivity (Wildman–Crippen MR) is 74.0 cm³/mol. The van der Waals surface area contributed by atoms with Crippen LogP contribution in [0.15, 0.2) is 24.3 Å². The summed E-state index contributed by atoms with van der Waals surface area (Å²) in [6.07, 6.45) is 0. The summed E-state index contributed by atoms with van der Waals surface area (Å²) in [4.78, 5) is 11.4. The Labute approximate surface area is 114 Å². The smallest absolute Gasteiger partial charge is 0.243 e. The number of aryl methyl sites for hydroxylation is 1. The fourth-order valence-corrected chi connectivity index (χ4v) is 2.17. The molecule has 0 aliphatic heterocycles. The standard InChI is InChI=1S/C12H12ClN3OS/c1-7-4-3-5-9(6-7)11-15-16-12(18-11)14-10(17)8(2)13/h3-6,8H,1-2H3,(H,14,16,17)/t8-/m1/s1. The van der Waals surface area contributed by atoms with Crippen molar-refractivity contribution in [3.8, 4) is 10.6 Å². The van der Waals surface area contributed by atoms with Crippen LogP contribution in [0.3, 0.4) is 0 Å². The maximum Gasteiger partial charge on any atom is 0.243 e. The molecule has 0 aliphatic rings. The van der Waals surface area contributed by atoms with Crippen LogP contribution in [0.4, 0.5) is 5.13 Å². The topological polar surface area (TPSA) is 54.9 Å². The van der Waals surface area contributed by atoms with Crippen molar-refractivity contribution in [3.05, 3.63) is 29.8 Å². The third kappa shape index (κ3) is 3.05. The molecule has 0 spiro atoms. The van der Waals surface area contributed by atoms with Gasteiger partial charge in [-0.25, -0.2) is 0 Å². The van der Waals surface area contributed by atoms with E-state index in [0.29, 0.717) is 5.13 Å². The third-order valence-corrected chi connectivity index (χ3v) is 3.37. The molecule has 1 amide bonds. The van der Waals surface area contributed by atoms with E-state index in [9.17, 15) is 4.79 Å². The minimum Gasteiger partial charge on any atom is -0.299 e. The number of hydrogen-bond acceptors (Lipinski definition) is 4. The van der Waals surface area contributed by atoms with Gasteiger partial charge < -0.3 is 0 Å². The van der Waals surface area contributed by atoms with Gasteiger partial charge >= 0.3 is 0 Å². The number of nitrogens with one attached hydrogen (secondary N) is 1. The first-order valence-corrected chi connectivity index (χ1v) is 6.67. The Morgan fingerprint density at radius 2 is 2.22 bits per heavy atom. The van der Waals surface area contributed by atoms with Crippen LogP contribution in [0.2, 0.25) is 0 Å². The van der Waals surface area contributed by atoms with E-state index in [1.807, 2.05) is 31.2 Å². The lowest BCUT2D eigenvalue weighted by Crippen LogP contribution is -2.20. The molecule has 2 rings (SSSR count). The first-order valence-electron chi connectivity index (χ1n) is 5.42. The number of carbonyl (C=O) groups is 1. The molecule has 4 nitrogen and oxygen atoms in total. The number of nitrogens with zero attached hydrogens (tertiary/aromatic N) is 2. The molecule has 2 aromatic rings. The summed E-state index contributed by atoms with van der Waals surface area (Å²) >= 11 is 6.99. The summed E-state index contributed by atoms with van der Waals surface area (Å²) in [5.74, 6) is -0.274. The highest BCUT2D eigenvalue weighted by molar-refractivity contribution is 7.18. The summed E-state index contributed by atoms with van der Waals surface area (Å²) in [6, 6.07) is 7.97. The Balaban J connectivity index is 2.18. The Bertz CT molecular complexity index is 568. The van der Waals surface area contributed by atoms with Gasteiger partial charge in [-0.3, -0.25) is 10.1 Å². The van der Waals surface area contributed by atoms with Crippen molar-refractivity contribution in [1.29, 1.82) is 0 Å². The number of alkyl halides is 1. The van der Waals surface area contributed by atoms with E-state index in [-0.39, 0.29) is 5.91 Å². The van der Waals surface area contributed by atoms with Crippen LogP contribution in [0.25, 0.3) is 10.6 Å². The molecule has 0 aliphatic carbocycles. The largest absolute Gasteiger partial charge is 0.299 e. The number of anilines is 1. The Kier molecular flexibility index (Phi) is 3.93. The summed E-state index contributed by atoms with van der Waals surface area (Å²) in [6.45, 7) is 3.63. The van der Waals surface area contributed by atoms with E-state index in [2.05, 4.69) is 15.5 Å². The van der Waals surface area contributed by atoms with Gasteiger partial charge in [-0.1, -0.05) is 35.1 Å². The van der Waals surface area contributed by atoms with Crippen LogP contribution < -0.4 is 5.32 Å². The molecule has 0 fully saturated rings. The molecule has 0 unspecified atom stereocenters. The number of hydrogen-bond donors (Lipinski definition) is 1. The fraction of sp³-hybridized carbons (Fsp3) is 0.250. The lowest BCUT2D eigenvalue weighted by atomic mass is 10.1. The zero-order valence-corrected chi connectivity index (χ0v) is 11.5. The highest BCUT2D eigenvalue weighted by atomic mass is 35.5. The van der Waals surface area contributed by atoms with Crippen molar-refractivity contribution in [2.24, 2.45) is 0 Å². The molecular weight excluding hydrogens is 270 g/mol. The molecular formula is C12H12ClN3OS. The number of rotatable bonds is 3. The van der Waals surface area contributed by atoms with Crippen LogP contribution in [0.1, 0.15) is 12.5 Å². The van der Waals surface area contributed by atoms with Crippen molar-refractivity contribution in [2.75, 3.05) is 5.32 Å². The molecule has 0 bridgehead atoms. The van der Waals surface area contributed by atoms with Crippen LogP contribution in [-0.2, 0) is 4.79 Å². The average molecular weight is 282 g/mol. The molecule has 1 heterocycles. The van der Waals surface area contributed by atoms with Crippen LogP contribution in [0.5, 0.6) is 0 Å². The molecule has 1 N–H and O–H groups in total. The van der Waals surface area contributed by atoms with Gasteiger partial charge in [-0.2, -0.15) is 0 Å². The minimum absolute atomic E-state index is 0.274. The van der Waals surface area contributed by atoms with E-state index in [1.165, 1.54) is 11.3 Å². The second kappa shape index (κ2) is 5.46. The van der Waals surface area contributed by atoms with Crippen molar-refractivity contribution in [1.82, 2.24) is 10.2 Å². The number of carbonyl (C=O) groups excluding carboxylic acids is 1. The normalized spacial score (nSPS) is 12.2. The number of amides is 1. The average Bonchev–Trinajstić information content (AvgIpc) is 2.77. The number of halogens is 1. The molecule has 1 aromatic carbocycles. The van der Waals surface area contributed by atoms with Gasteiger partial charge in [-0.15, -0.1) is 21.8 Å². The zero-order valence-electron chi connectivity index (χ0n) is 9.98. The highest BCUT2D eigenvalue weighted by Crippen LogP contribution is 2.26. The third-order valence-electron chi connectivity index (χ3n) is 2.28. The Morgan fingerprint density at radius 3 is 2.89 bits per heavy atom. The summed E-state index contributed by atoms with van der Waals surface area (Å²) in [7, 11) is 0. The van der Waals surface area contributed by atoms with Crippen molar-refractivity contribution < 1.29 is 4.79 Å². The lowest BCUT2D eigenvalue weighted by molar-refractivity contribution is -0.115. The number of benzene rings is 1. The van der Waals surface area contributed by atoms with Gasteiger partial charge in [-0.05, 0) is 19.9 Å². The Hall–Kier alpha value is -1.46. The van der Waals surface area contributed by atoms with Crippen LogP contribution in [0, 0.1) is 6.92 Å². The molecule has 1 atom stereocenters. The summed E-state index contributed by atoms with van der Waals surface area (Å²) in [5.41, 5.74) is 2.15. The van der Waals surface area contributed by atoms with E-state index in [0.717, 1.165) is 16.1 Å². The summed E-state index contributed by atoms with van der Waals surface area (Å²) in [5, 5.41) is 11.2. The first kappa shape index (κ1) is 13.0. The lowest BCUT2D eigenvalue weighted by Gasteiger charge is -2.00. The first-order chi connectivity index (χ1) is 8.56. The van der Waals surface area contributed by atoms with Crippen molar-refractivity contribution in [2.45, 2.75) is 19.2 Å². The predicted octanol–water partition coefficient (Wildman–Crippen LogP) is 3.08. The summed E-state index contributed by atoms with van der Waals surface area (Å²) < 4.78 is 0. The molecule has 1 aromatic heterocycles. The fourth-order valence-electron chi connectivity index (χ4n) is 1.37. The van der Waals surface area contributed by atoms with E-state index >= 15 is 0 Å².